The van der Waals surface area contributed by atoms with Crippen molar-refractivity contribution >= 4 is 5.78 Å². The van der Waals surface area contributed by atoms with Gasteiger partial charge in [0, 0.05) is 29.6 Å². The molecule has 2 bridgehead atoms. The fourth-order valence-corrected chi connectivity index (χ4v) is 5.19. The van der Waals surface area contributed by atoms with Crippen LogP contribution < -0.4 is 0 Å². The van der Waals surface area contributed by atoms with Gasteiger partial charge in [-0.15, -0.1) is 0 Å². The maximum Gasteiger partial charge on any atom is 0.213 e. The summed E-state index contributed by atoms with van der Waals surface area (Å²) in [6, 6.07) is -0.663. The number of nitro groups is 1. The Morgan fingerprint density at radius 1 is 1.29 bits per heavy atom. The lowest BCUT2D eigenvalue weighted by molar-refractivity contribution is -0.524. The first kappa shape index (κ1) is 19.4. The van der Waals surface area contributed by atoms with Gasteiger partial charge < -0.3 is 5.11 Å². The van der Waals surface area contributed by atoms with E-state index in [0.29, 0.717) is 18.8 Å². The lowest BCUT2D eigenvalue weighted by Gasteiger charge is -2.44. The van der Waals surface area contributed by atoms with Crippen LogP contribution in [0, 0.1) is 26.9 Å². The molecule has 1 unspecified atom stereocenters. The van der Waals surface area contributed by atoms with E-state index in [1.165, 1.54) is 0 Å². The molecule has 0 saturated heterocycles. The van der Waals surface area contributed by atoms with Gasteiger partial charge in [-0.1, -0.05) is 40.5 Å². The molecule has 0 aromatic heterocycles. The lowest BCUT2D eigenvalue weighted by atomic mass is 9.62. The minimum absolute atomic E-state index is 0.0545. The van der Waals surface area contributed by atoms with E-state index >= 15 is 0 Å². The predicted octanol–water partition coefficient (Wildman–Crippen LogP) is 4.14. The van der Waals surface area contributed by atoms with Gasteiger partial charge in [0.25, 0.3) is 0 Å². The summed E-state index contributed by atoms with van der Waals surface area (Å²) in [5.41, 5.74) is -1.76. The molecule has 0 radical (unpaired) electrons. The first-order chi connectivity index (χ1) is 11.1. The van der Waals surface area contributed by atoms with Crippen molar-refractivity contribution in [3.63, 3.8) is 0 Å². The van der Waals surface area contributed by atoms with E-state index in [1.54, 1.807) is 0 Å². The Bertz CT molecular complexity index is 504. The van der Waals surface area contributed by atoms with Crippen molar-refractivity contribution in [3.05, 3.63) is 10.1 Å². The number of Topliss-reactive ketones (excluding diaryl/α,β-unsaturated/α-hetero) is 1. The Morgan fingerprint density at radius 2 is 1.96 bits per heavy atom. The highest BCUT2D eigenvalue weighted by Gasteiger charge is 2.70. The monoisotopic (exact) mass is 339 g/mol. The number of fused-ring (bicyclic) bond motifs is 2. The zero-order valence-corrected chi connectivity index (χ0v) is 15.6. The summed E-state index contributed by atoms with van der Waals surface area (Å²) < 4.78 is 0. The molecule has 2 aliphatic carbocycles. The maximum atomic E-state index is 12.8. The highest BCUT2D eigenvalue weighted by atomic mass is 16.6. The van der Waals surface area contributed by atoms with Crippen LogP contribution in [0.1, 0.15) is 85.5 Å². The molecule has 1 N–H and O–H groups in total. The molecule has 4 atom stereocenters. The van der Waals surface area contributed by atoms with Crippen LogP contribution in [0.4, 0.5) is 0 Å². The number of hydrogen-bond acceptors (Lipinski definition) is 4. The van der Waals surface area contributed by atoms with Crippen molar-refractivity contribution in [2.75, 3.05) is 0 Å². The Kier molecular flexibility index (Phi) is 5.43. The van der Waals surface area contributed by atoms with E-state index in [1.807, 2.05) is 6.92 Å². The van der Waals surface area contributed by atoms with E-state index in [-0.39, 0.29) is 29.0 Å². The van der Waals surface area contributed by atoms with Gasteiger partial charge >= 0.3 is 0 Å². The van der Waals surface area contributed by atoms with Crippen LogP contribution in [-0.2, 0) is 4.79 Å². The molecule has 0 aromatic carbocycles. The van der Waals surface area contributed by atoms with Gasteiger partial charge in [0.1, 0.15) is 5.60 Å². The third-order valence-corrected chi connectivity index (χ3v) is 7.50. The van der Waals surface area contributed by atoms with Crippen LogP contribution in [0.25, 0.3) is 0 Å². The zero-order chi connectivity index (χ0) is 18.2. The summed E-state index contributed by atoms with van der Waals surface area (Å²) in [6.45, 7) is 8.41. The quantitative estimate of drug-likeness (QED) is 0.389. The number of aliphatic hydroxyl groups is 1. The molecule has 0 aromatic rings. The topological polar surface area (TPSA) is 80.4 Å². The third kappa shape index (κ3) is 2.89. The number of rotatable bonds is 9. The van der Waals surface area contributed by atoms with Gasteiger partial charge in [-0.25, -0.2) is 0 Å². The molecule has 24 heavy (non-hydrogen) atoms. The van der Waals surface area contributed by atoms with E-state index in [0.717, 1.165) is 32.1 Å². The maximum absolute atomic E-state index is 12.8. The predicted molar refractivity (Wildman–Crippen MR) is 93.3 cm³/mol. The van der Waals surface area contributed by atoms with Crippen LogP contribution in [0.5, 0.6) is 0 Å². The van der Waals surface area contributed by atoms with Crippen molar-refractivity contribution in [1.29, 1.82) is 0 Å². The number of nitrogens with zero attached hydrogens (tertiary/aromatic N) is 1. The Hall–Kier alpha value is -0.970. The summed E-state index contributed by atoms with van der Waals surface area (Å²) in [4.78, 5) is 23.8. The summed E-state index contributed by atoms with van der Waals surface area (Å²) in [7, 11) is 0. The molecule has 2 aliphatic rings. The average molecular weight is 339 g/mol. The summed E-state index contributed by atoms with van der Waals surface area (Å²) in [6.07, 6.45) is 6.18. The second kappa shape index (κ2) is 6.74. The van der Waals surface area contributed by atoms with Gasteiger partial charge in [0.15, 0.2) is 5.78 Å². The number of ketones is 1. The van der Waals surface area contributed by atoms with Crippen molar-refractivity contribution in [2.45, 2.75) is 97.1 Å². The molecule has 138 valence electrons. The minimum atomic E-state index is -1.30. The summed E-state index contributed by atoms with van der Waals surface area (Å²) in [5.74, 6) is 0.190. The zero-order valence-electron chi connectivity index (χ0n) is 15.6. The standard InChI is InChI=1S/C19H33NO4/c1-5-6-7-8-15(20(23)24)9-10-16(21)19(22)13-14-11-12-18(19,4)17(14,2)3/h14-15,22H,5-13H2,1-4H3/t14-,15?,18-,19+/m1/s1. The molecule has 5 heteroatoms. The van der Waals surface area contributed by atoms with Crippen LogP contribution in [0.3, 0.4) is 0 Å². The normalized spacial score (nSPS) is 35.1. The fraction of sp³-hybridized carbons (Fsp3) is 0.947. The van der Waals surface area contributed by atoms with E-state index < -0.39 is 17.1 Å². The number of unbranched alkanes of at least 4 members (excludes halogenated alkanes) is 2. The SMILES string of the molecule is CCCCCC(CCC(=O)[C@@]1(O)C[C@H]2CC[C@]1(C)C2(C)C)[N+](=O)[O-]. The van der Waals surface area contributed by atoms with E-state index in [9.17, 15) is 20.0 Å². The summed E-state index contributed by atoms with van der Waals surface area (Å²) >= 11 is 0. The molecule has 5 nitrogen and oxygen atoms in total. The highest BCUT2D eigenvalue weighted by Crippen LogP contribution is 2.69. The number of hydrogen-bond donors (Lipinski definition) is 1. The summed E-state index contributed by atoms with van der Waals surface area (Å²) in [5, 5.41) is 22.4. The van der Waals surface area contributed by atoms with Crippen molar-refractivity contribution < 1.29 is 14.8 Å². The smallest absolute Gasteiger partial charge is 0.213 e. The Labute approximate surface area is 145 Å². The van der Waals surface area contributed by atoms with Crippen LogP contribution in [-0.4, -0.2) is 27.5 Å². The van der Waals surface area contributed by atoms with E-state index in [2.05, 4.69) is 20.8 Å². The molecule has 2 saturated carbocycles. The molecule has 0 heterocycles. The second-order valence-electron chi connectivity index (χ2n) is 8.75. The van der Waals surface area contributed by atoms with Crippen molar-refractivity contribution in [1.82, 2.24) is 0 Å². The minimum Gasteiger partial charge on any atom is -0.381 e. The first-order valence-corrected chi connectivity index (χ1v) is 9.49. The molecule has 2 rings (SSSR count). The molecule has 0 spiro atoms. The van der Waals surface area contributed by atoms with E-state index in [4.69, 9.17) is 0 Å². The second-order valence-corrected chi connectivity index (χ2v) is 8.75. The highest BCUT2D eigenvalue weighted by molar-refractivity contribution is 5.89. The molecular weight excluding hydrogens is 306 g/mol. The van der Waals surface area contributed by atoms with Crippen LogP contribution >= 0.6 is 0 Å². The number of carbonyl (C=O) groups is 1. The molecule has 0 aliphatic heterocycles. The van der Waals surface area contributed by atoms with Gasteiger partial charge in [-0.3, -0.25) is 14.9 Å². The Morgan fingerprint density at radius 3 is 2.42 bits per heavy atom. The average Bonchev–Trinajstić information content (AvgIpc) is 2.82. The van der Waals surface area contributed by atoms with Gasteiger partial charge in [-0.2, -0.15) is 0 Å². The van der Waals surface area contributed by atoms with Crippen LogP contribution in [0.15, 0.2) is 0 Å². The third-order valence-electron chi connectivity index (χ3n) is 7.50. The van der Waals surface area contributed by atoms with Crippen molar-refractivity contribution in [3.8, 4) is 0 Å². The first-order valence-electron chi connectivity index (χ1n) is 9.49. The van der Waals surface area contributed by atoms with Gasteiger partial charge in [0.05, 0.1) is 0 Å². The van der Waals surface area contributed by atoms with Gasteiger partial charge in [-0.05, 0) is 37.0 Å². The molecular formula is C19H33NO4. The fourth-order valence-electron chi connectivity index (χ4n) is 5.19. The van der Waals surface area contributed by atoms with Gasteiger partial charge in [0.2, 0.25) is 6.04 Å². The molecule has 2 fully saturated rings. The largest absolute Gasteiger partial charge is 0.381 e. The number of carbonyl (C=O) groups excluding carboxylic acids is 1. The van der Waals surface area contributed by atoms with Crippen molar-refractivity contribution in [2.24, 2.45) is 16.7 Å². The Balaban J connectivity index is 2.01. The molecule has 0 amide bonds. The van der Waals surface area contributed by atoms with Crippen LogP contribution in [0.2, 0.25) is 0 Å². The lowest BCUT2D eigenvalue weighted by Crippen LogP contribution is -2.53.